The van der Waals surface area contributed by atoms with Gasteiger partial charge in [0.15, 0.2) is 16.9 Å². The summed E-state index contributed by atoms with van der Waals surface area (Å²) in [6.45, 7) is 7.95. The van der Waals surface area contributed by atoms with Gasteiger partial charge in [0.2, 0.25) is 5.91 Å². The van der Waals surface area contributed by atoms with Crippen LogP contribution < -0.4 is 10.6 Å². The molecule has 1 aromatic heterocycles. The molecule has 2 N–H and O–H groups in total. The van der Waals surface area contributed by atoms with E-state index in [9.17, 15) is 19.6 Å². The molecule has 0 aliphatic rings. The van der Waals surface area contributed by atoms with Gasteiger partial charge in [-0.15, -0.1) is 11.3 Å². The molecule has 0 saturated heterocycles. The second-order valence-corrected chi connectivity index (χ2v) is 6.58. The lowest BCUT2D eigenvalue weighted by Gasteiger charge is -2.28. The lowest BCUT2D eigenvalue weighted by atomic mass is 9.90. The highest BCUT2D eigenvalue weighted by atomic mass is 32.1. The summed E-state index contributed by atoms with van der Waals surface area (Å²) in [6.07, 6.45) is -1.09. The van der Waals surface area contributed by atoms with Gasteiger partial charge in [-0.3, -0.25) is 9.59 Å². The molecule has 0 aromatic carbocycles. The Morgan fingerprint density at radius 2 is 2.00 bits per heavy atom. The number of amides is 2. The largest absolute Gasteiger partial charge is 0.448 e. The number of ether oxygens (including phenoxy) is 1. The van der Waals surface area contributed by atoms with E-state index in [1.54, 1.807) is 20.8 Å². The van der Waals surface area contributed by atoms with Gasteiger partial charge >= 0.3 is 5.97 Å². The van der Waals surface area contributed by atoms with Crippen LogP contribution in [0.4, 0.5) is 5.13 Å². The monoisotopic (exact) mass is 352 g/mol. The zero-order chi connectivity index (χ0) is 18.5. The number of aromatic nitrogens is 1. The van der Waals surface area contributed by atoms with Crippen molar-refractivity contribution in [1.29, 1.82) is 5.26 Å². The normalized spacial score (nSPS) is 14.2. The van der Waals surface area contributed by atoms with Crippen LogP contribution in [-0.4, -0.2) is 34.4 Å². The van der Waals surface area contributed by atoms with Crippen LogP contribution in [0, 0.1) is 17.2 Å². The highest BCUT2D eigenvalue weighted by Gasteiger charge is 2.32. The molecule has 2 amide bonds. The topological polar surface area (TPSA) is 121 Å². The third-order valence-electron chi connectivity index (χ3n) is 3.42. The lowest BCUT2D eigenvalue weighted by Crippen LogP contribution is -2.52. The summed E-state index contributed by atoms with van der Waals surface area (Å²) in [4.78, 5) is 39.0. The Morgan fingerprint density at radius 1 is 1.38 bits per heavy atom. The lowest BCUT2D eigenvalue weighted by molar-refractivity contribution is -0.130. The van der Waals surface area contributed by atoms with E-state index < -0.39 is 23.5 Å². The number of esters is 1. The molecule has 1 aromatic rings. The SMILES string of the molecule is CC(=O)Nc1nc(C(=O)O[C@H](C)C(=O)N[C@](C)(C#N)C(C)C)cs1. The number of thiazole rings is 1. The van der Waals surface area contributed by atoms with Crippen molar-refractivity contribution in [3.8, 4) is 6.07 Å². The van der Waals surface area contributed by atoms with E-state index in [2.05, 4.69) is 15.6 Å². The van der Waals surface area contributed by atoms with Crippen LogP contribution in [0.15, 0.2) is 5.38 Å². The first-order valence-electron chi connectivity index (χ1n) is 7.26. The first-order valence-corrected chi connectivity index (χ1v) is 8.14. The molecule has 0 saturated carbocycles. The Labute approximate surface area is 144 Å². The zero-order valence-corrected chi connectivity index (χ0v) is 15.0. The molecule has 2 atom stereocenters. The summed E-state index contributed by atoms with van der Waals surface area (Å²) >= 11 is 1.07. The molecule has 1 rings (SSSR count). The average Bonchev–Trinajstić information content (AvgIpc) is 2.94. The van der Waals surface area contributed by atoms with Crippen molar-refractivity contribution >= 4 is 34.3 Å². The number of hydrogen-bond donors (Lipinski definition) is 2. The van der Waals surface area contributed by atoms with E-state index in [0.29, 0.717) is 0 Å². The molecule has 0 spiro atoms. The molecule has 0 aliphatic heterocycles. The molecule has 9 heteroatoms. The Bertz CT molecular complexity index is 679. The average molecular weight is 352 g/mol. The second kappa shape index (κ2) is 7.88. The maximum atomic E-state index is 12.1. The fraction of sp³-hybridized carbons (Fsp3) is 0.533. The van der Waals surface area contributed by atoms with E-state index in [-0.39, 0.29) is 22.7 Å². The van der Waals surface area contributed by atoms with Gasteiger partial charge in [-0.1, -0.05) is 13.8 Å². The van der Waals surface area contributed by atoms with E-state index in [4.69, 9.17) is 4.74 Å². The summed E-state index contributed by atoms with van der Waals surface area (Å²) in [5.74, 6) is -1.78. The minimum Gasteiger partial charge on any atom is -0.448 e. The highest BCUT2D eigenvalue weighted by molar-refractivity contribution is 7.14. The van der Waals surface area contributed by atoms with Crippen LogP contribution >= 0.6 is 11.3 Å². The highest BCUT2D eigenvalue weighted by Crippen LogP contribution is 2.18. The third kappa shape index (κ3) is 5.03. The number of nitriles is 1. The maximum absolute atomic E-state index is 12.1. The predicted molar refractivity (Wildman–Crippen MR) is 88.3 cm³/mol. The molecule has 24 heavy (non-hydrogen) atoms. The minimum absolute atomic E-state index is 0.00435. The number of rotatable bonds is 6. The van der Waals surface area contributed by atoms with Crippen LogP contribution in [-0.2, 0) is 14.3 Å². The smallest absolute Gasteiger partial charge is 0.358 e. The van der Waals surface area contributed by atoms with E-state index in [1.807, 2.05) is 6.07 Å². The first kappa shape index (κ1) is 19.6. The minimum atomic E-state index is -1.09. The number of carbonyl (C=O) groups excluding carboxylic acids is 3. The van der Waals surface area contributed by atoms with E-state index in [0.717, 1.165) is 11.3 Å². The van der Waals surface area contributed by atoms with Gasteiger partial charge in [-0.25, -0.2) is 9.78 Å². The van der Waals surface area contributed by atoms with Crippen LogP contribution in [0.5, 0.6) is 0 Å². The van der Waals surface area contributed by atoms with Gasteiger partial charge in [-0.05, 0) is 19.8 Å². The fourth-order valence-corrected chi connectivity index (χ4v) is 2.23. The van der Waals surface area contributed by atoms with Crippen molar-refractivity contribution in [2.24, 2.45) is 5.92 Å². The van der Waals surface area contributed by atoms with E-state index in [1.165, 1.54) is 19.2 Å². The van der Waals surface area contributed by atoms with Gasteiger partial charge in [0, 0.05) is 12.3 Å². The molecule has 8 nitrogen and oxygen atoms in total. The summed E-state index contributed by atoms with van der Waals surface area (Å²) in [5, 5.41) is 15.9. The standard InChI is InChI=1S/C15H20N4O4S/c1-8(2)15(5,7-16)19-12(21)9(3)23-13(22)11-6-24-14(18-11)17-10(4)20/h6,8-9H,1-5H3,(H,19,21)(H,17,18,20)/t9-,15-/m1/s1. The van der Waals surface area contributed by atoms with Gasteiger partial charge in [-0.2, -0.15) is 5.26 Å². The maximum Gasteiger partial charge on any atom is 0.358 e. The summed E-state index contributed by atoms with van der Waals surface area (Å²) in [7, 11) is 0. The van der Waals surface area contributed by atoms with Crippen LogP contribution in [0.3, 0.4) is 0 Å². The fourth-order valence-electron chi connectivity index (χ4n) is 1.51. The van der Waals surface area contributed by atoms with Crippen molar-refractivity contribution in [2.45, 2.75) is 46.3 Å². The Morgan fingerprint density at radius 3 is 2.50 bits per heavy atom. The van der Waals surface area contributed by atoms with Crippen LogP contribution in [0.1, 0.15) is 45.1 Å². The number of anilines is 1. The Kier molecular flexibility index (Phi) is 6.42. The number of hydrogen-bond acceptors (Lipinski definition) is 7. The van der Waals surface area contributed by atoms with Crippen molar-refractivity contribution in [1.82, 2.24) is 10.3 Å². The predicted octanol–water partition coefficient (Wildman–Crippen LogP) is 1.70. The zero-order valence-electron chi connectivity index (χ0n) is 14.2. The van der Waals surface area contributed by atoms with Crippen molar-refractivity contribution in [2.75, 3.05) is 5.32 Å². The number of nitrogens with one attached hydrogen (secondary N) is 2. The van der Waals surface area contributed by atoms with Crippen molar-refractivity contribution in [3.63, 3.8) is 0 Å². The van der Waals surface area contributed by atoms with E-state index >= 15 is 0 Å². The Balaban J connectivity index is 2.70. The molecular weight excluding hydrogens is 332 g/mol. The quantitative estimate of drug-likeness (QED) is 0.752. The van der Waals surface area contributed by atoms with Crippen LogP contribution in [0.2, 0.25) is 0 Å². The van der Waals surface area contributed by atoms with Gasteiger partial charge in [0.1, 0.15) is 5.54 Å². The first-order chi connectivity index (χ1) is 11.1. The second-order valence-electron chi connectivity index (χ2n) is 5.72. The van der Waals surface area contributed by atoms with Crippen LogP contribution in [0.25, 0.3) is 0 Å². The number of carbonyl (C=O) groups is 3. The van der Waals surface area contributed by atoms with Crippen molar-refractivity contribution < 1.29 is 19.1 Å². The summed E-state index contributed by atoms with van der Waals surface area (Å²) < 4.78 is 5.06. The van der Waals surface area contributed by atoms with Gasteiger partial charge in [0.05, 0.1) is 6.07 Å². The molecule has 0 fully saturated rings. The molecule has 0 bridgehead atoms. The molecule has 130 valence electrons. The third-order valence-corrected chi connectivity index (χ3v) is 4.18. The summed E-state index contributed by atoms with van der Waals surface area (Å²) in [6, 6.07) is 2.05. The summed E-state index contributed by atoms with van der Waals surface area (Å²) in [5.41, 5.74) is -1.06. The molecular formula is C15H20N4O4S. The number of nitrogens with zero attached hydrogens (tertiary/aromatic N) is 2. The molecule has 0 aliphatic carbocycles. The van der Waals surface area contributed by atoms with Crippen molar-refractivity contribution in [3.05, 3.63) is 11.1 Å². The molecule has 1 heterocycles. The Hall–Kier alpha value is -2.47. The van der Waals surface area contributed by atoms with Gasteiger partial charge < -0.3 is 15.4 Å². The van der Waals surface area contributed by atoms with Gasteiger partial charge in [0.25, 0.3) is 5.91 Å². The molecule has 0 radical (unpaired) electrons. The molecule has 0 unspecified atom stereocenters.